The van der Waals surface area contributed by atoms with Gasteiger partial charge in [0.25, 0.3) is 0 Å². The number of nitrogens with zero attached hydrogens (tertiary/aromatic N) is 4. The molecule has 0 spiro atoms. The Hall–Kier alpha value is -2.63. The minimum Gasteiger partial charge on any atom is -0.476 e. The molecule has 6 heteroatoms. The minimum absolute atomic E-state index is 0.0231. The first kappa shape index (κ1) is 10.5. The van der Waals surface area contributed by atoms with Crippen LogP contribution in [0.2, 0.25) is 0 Å². The highest BCUT2D eigenvalue weighted by Gasteiger charge is 2.17. The molecule has 1 aliphatic heterocycles. The Kier molecular flexibility index (Phi) is 2.33. The summed E-state index contributed by atoms with van der Waals surface area (Å²) in [5.74, 6) is -1.03. The zero-order chi connectivity index (χ0) is 12.5. The van der Waals surface area contributed by atoms with Gasteiger partial charge in [-0.2, -0.15) is 4.79 Å². The molecule has 3 rings (SSSR count). The molecule has 1 aromatic heterocycles. The van der Waals surface area contributed by atoms with Crippen LogP contribution in [0.3, 0.4) is 0 Å². The summed E-state index contributed by atoms with van der Waals surface area (Å²) in [4.78, 5) is 16.6. The molecule has 90 valence electrons. The van der Waals surface area contributed by atoms with Crippen LogP contribution in [0.5, 0.6) is 0 Å². The summed E-state index contributed by atoms with van der Waals surface area (Å²) < 4.78 is 0. The van der Waals surface area contributed by atoms with Crippen molar-refractivity contribution in [3.63, 3.8) is 0 Å². The number of carboxylic acids is 1. The smallest absolute Gasteiger partial charge is 0.356 e. The molecular formula is C12H10N4O2. The number of carbonyl (C=O) groups is 1. The van der Waals surface area contributed by atoms with Crippen molar-refractivity contribution in [2.24, 2.45) is 4.99 Å². The number of para-hydroxylation sites is 2. The second-order valence-electron chi connectivity index (χ2n) is 3.81. The molecule has 0 radical (unpaired) electrons. The number of aromatic carboxylic acids is 1. The number of rotatable bonds is 2. The zero-order valence-electron chi connectivity index (χ0n) is 9.39. The normalized spacial score (nSPS) is 13.4. The van der Waals surface area contributed by atoms with E-state index in [9.17, 15) is 4.79 Å². The third-order valence-corrected chi connectivity index (χ3v) is 2.69. The van der Waals surface area contributed by atoms with E-state index in [1.807, 2.05) is 29.3 Å². The summed E-state index contributed by atoms with van der Waals surface area (Å²) in [5, 5.41) is 14.7. The summed E-state index contributed by atoms with van der Waals surface area (Å²) in [6.45, 7) is 0.553. The molecule has 1 aromatic carbocycles. The Morgan fingerprint density at radius 2 is 2.11 bits per heavy atom. The molecule has 1 N–H and O–H groups in total. The van der Waals surface area contributed by atoms with Crippen molar-refractivity contribution in [2.45, 2.75) is 0 Å². The van der Waals surface area contributed by atoms with E-state index in [2.05, 4.69) is 10.1 Å². The second-order valence-corrected chi connectivity index (χ2v) is 3.81. The first-order valence-corrected chi connectivity index (χ1v) is 5.44. The summed E-state index contributed by atoms with van der Waals surface area (Å²) >= 11 is 0. The summed E-state index contributed by atoms with van der Waals surface area (Å²) in [6.07, 6.45) is 3.39. The lowest BCUT2D eigenvalue weighted by Crippen LogP contribution is -2.33. The van der Waals surface area contributed by atoms with Crippen molar-refractivity contribution in [1.82, 2.24) is 9.89 Å². The lowest BCUT2D eigenvalue weighted by Gasteiger charge is -2.26. The van der Waals surface area contributed by atoms with E-state index in [0.717, 1.165) is 11.4 Å². The van der Waals surface area contributed by atoms with Gasteiger partial charge in [-0.3, -0.25) is 10.0 Å². The second kappa shape index (κ2) is 3.99. The number of aromatic nitrogens is 2. The number of carboxylic acid groups (broad SMARTS) is 1. The van der Waals surface area contributed by atoms with Gasteiger partial charge in [0, 0.05) is 6.21 Å². The molecule has 2 heterocycles. The van der Waals surface area contributed by atoms with E-state index in [1.165, 1.54) is 10.9 Å². The van der Waals surface area contributed by atoms with Crippen molar-refractivity contribution >= 4 is 23.6 Å². The number of anilines is 1. The quantitative estimate of drug-likeness (QED) is 0.867. The van der Waals surface area contributed by atoms with E-state index < -0.39 is 5.97 Å². The molecule has 2 aromatic rings. The summed E-state index contributed by atoms with van der Waals surface area (Å²) in [6, 6.07) is 9.12. The Morgan fingerprint density at radius 1 is 1.28 bits per heavy atom. The van der Waals surface area contributed by atoms with Crippen molar-refractivity contribution in [2.75, 3.05) is 11.6 Å². The third kappa shape index (κ3) is 1.64. The summed E-state index contributed by atoms with van der Waals surface area (Å²) in [5.41, 5.74) is 1.77. The molecule has 18 heavy (non-hydrogen) atoms. The topological polar surface area (TPSA) is 70.7 Å². The Balaban J connectivity index is 2.02. The van der Waals surface area contributed by atoms with Gasteiger partial charge in [0.1, 0.15) is 0 Å². The van der Waals surface area contributed by atoms with Crippen LogP contribution in [-0.4, -0.2) is 33.7 Å². The van der Waals surface area contributed by atoms with Gasteiger partial charge in [0.2, 0.25) is 0 Å². The first-order chi connectivity index (χ1) is 8.75. The highest BCUT2D eigenvalue weighted by molar-refractivity contribution is 5.85. The van der Waals surface area contributed by atoms with Gasteiger partial charge in [0.15, 0.2) is 5.69 Å². The number of fused-ring (bicyclic) bond motifs is 1. The van der Waals surface area contributed by atoms with E-state index in [-0.39, 0.29) is 5.69 Å². The standard InChI is InChI=1S/C12H10N4O2/c17-12(18)10-5-7-16(14-10)15-8-6-13-9-3-1-2-4-11(9)15/h1-7H,8H2,(H,17,18). The first-order valence-electron chi connectivity index (χ1n) is 5.44. The van der Waals surface area contributed by atoms with Crippen LogP contribution in [-0.2, 0) is 0 Å². The van der Waals surface area contributed by atoms with Gasteiger partial charge in [0.05, 0.1) is 24.1 Å². The maximum Gasteiger partial charge on any atom is 0.356 e. The average molecular weight is 242 g/mol. The van der Waals surface area contributed by atoms with Crippen molar-refractivity contribution in [1.29, 1.82) is 0 Å². The molecule has 0 aliphatic carbocycles. The number of hydrogen-bond donors (Lipinski definition) is 1. The van der Waals surface area contributed by atoms with Crippen molar-refractivity contribution < 1.29 is 9.90 Å². The molecule has 0 atom stereocenters. The minimum atomic E-state index is -1.03. The molecule has 6 nitrogen and oxygen atoms in total. The van der Waals surface area contributed by atoms with Gasteiger partial charge in [-0.05, 0) is 18.2 Å². The van der Waals surface area contributed by atoms with E-state index >= 15 is 0 Å². The zero-order valence-corrected chi connectivity index (χ0v) is 9.39. The van der Waals surface area contributed by atoms with Crippen LogP contribution in [0.4, 0.5) is 11.4 Å². The maximum atomic E-state index is 10.8. The maximum absolute atomic E-state index is 10.8. The Bertz CT molecular complexity index is 633. The van der Waals surface area contributed by atoms with Gasteiger partial charge in [-0.25, -0.2) is 4.79 Å². The lowest BCUT2D eigenvalue weighted by atomic mass is 10.2. The largest absolute Gasteiger partial charge is 0.476 e. The monoisotopic (exact) mass is 242 g/mol. The van der Waals surface area contributed by atoms with Crippen LogP contribution < -0.4 is 5.01 Å². The van der Waals surface area contributed by atoms with E-state index in [4.69, 9.17) is 5.11 Å². The van der Waals surface area contributed by atoms with Crippen molar-refractivity contribution in [3.05, 3.63) is 42.2 Å². The molecule has 0 amide bonds. The molecule has 0 bridgehead atoms. The van der Waals surface area contributed by atoms with Gasteiger partial charge in [-0.15, -0.1) is 5.10 Å². The molecule has 1 aliphatic rings. The Labute approximate surface area is 103 Å². The van der Waals surface area contributed by atoms with Crippen LogP contribution in [0.15, 0.2) is 41.5 Å². The average Bonchev–Trinajstić information content (AvgIpc) is 2.87. The highest BCUT2D eigenvalue weighted by atomic mass is 16.4. The van der Waals surface area contributed by atoms with Gasteiger partial charge < -0.3 is 5.11 Å². The third-order valence-electron chi connectivity index (χ3n) is 2.69. The van der Waals surface area contributed by atoms with Crippen molar-refractivity contribution in [3.8, 4) is 0 Å². The fraction of sp³-hybridized carbons (Fsp3) is 0.0833. The molecule has 0 fully saturated rings. The Morgan fingerprint density at radius 3 is 2.89 bits per heavy atom. The van der Waals surface area contributed by atoms with Gasteiger partial charge >= 0.3 is 5.97 Å². The number of benzene rings is 1. The fourth-order valence-corrected chi connectivity index (χ4v) is 1.86. The fourth-order valence-electron chi connectivity index (χ4n) is 1.86. The van der Waals surface area contributed by atoms with Crippen LogP contribution in [0.25, 0.3) is 0 Å². The molecule has 0 unspecified atom stereocenters. The molecule has 0 saturated heterocycles. The number of aliphatic imine (C=N–C) groups is 1. The predicted molar refractivity (Wildman–Crippen MR) is 66.5 cm³/mol. The SMILES string of the molecule is O=C(O)c1ccn(N2CC=Nc3ccccc32)n1. The summed E-state index contributed by atoms with van der Waals surface area (Å²) in [7, 11) is 0. The molecular weight excluding hydrogens is 232 g/mol. The van der Waals surface area contributed by atoms with Gasteiger partial charge in [-0.1, -0.05) is 12.1 Å². The predicted octanol–water partition coefficient (Wildman–Crippen LogP) is 1.57. The lowest BCUT2D eigenvalue weighted by molar-refractivity contribution is 0.0689. The van der Waals surface area contributed by atoms with Crippen LogP contribution in [0.1, 0.15) is 10.5 Å². The highest BCUT2D eigenvalue weighted by Crippen LogP contribution is 2.30. The van der Waals surface area contributed by atoms with E-state index in [1.54, 1.807) is 12.4 Å². The van der Waals surface area contributed by atoms with Crippen LogP contribution >= 0.6 is 0 Å². The van der Waals surface area contributed by atoms with E-state index in [0.29, 0.717) is 6.54 Å². The van der Waals surface area contributed by atoms with Crippen LogP contribution in [0, 0.1) is 0 Å². The number of hydrogen-bond acceptors (Lipinski definition) is 4. The molecule has 0 saturated carbocycles.